The maximum absolute atomic E-state index is 5.56. The molecule has 0 atom stereocenters. The van der Waals surface area contributed by atoms with Crippen LogP contribution in [0, 0.1) is 0 Å². The van der Waals surface area contributed by atoms with Gasteiger partial charge >= 0.3 is 0 Å². The second-order valence-corrected chi connectivity index (χ2v) is 4.31. The van der Waals surface area contributed by atoms with Crippen LogP contribution in [-0.2, 0) is 0 Å². The first kappa shape index (κ1) is 13.7. The third-order valence-electron chi connectivity index (χ3n) is 2.81. The summed E-state index contributed by atoms with van der Waals surface area (Å²) in [4.78, 5) is 8.48. The monoisotopic (exact) mass is 294 g/mol. The van der Waals surface area contributed by atoms with E-state index in [-0.39, 0.29) is 0 Å². The van der Waals surface area contributed by atoms with Gasteiger partial charge in [0.15, 0.2) is 17.4 Å². The van der Waals surface area contributed by atoms with Gasteiger partial charge in [-0.05, 0) is 24.3 Å². The van der Waals surface area contributed by atoms with Crippen molar-refractivity contribution >= 4 is 11.7 Å². The molecule has 2 aromatic rings. The van der Waals surface area contributed by atoms with Gasteiger partial charge in [-0.15, -0.1) is 0 Å². The van der Waals surface area contributed by atoms with Crippen molar-refractivity contribution in [1.29, 1.82) is 0 Å². The number of nitrogens with one attached hydrogen (secondary N) is 2. The SMILES string of the molecule is C=CCOc1cccnc1C1=NNC(c2ccccn2)=NN1. The van der Waals surface area contributed by atoms with E-state index in [2.05, 4.69) is 37.6 Å². The van der Waals surface area contributed by atoms with E-state index in [0.29, 0.717) is 35.4 Å². The van der Waals surface area contributed by atoms with Crippen molar-refractivity contribution in [3.8, 4) is 5.75 Å². The number of pyridine rings is 2. The zero-order valence-corrected chi connectivity index (χ0v) is 11.7. The third kappa shape index (κ3) is 2.93. The van der Waals surface area contributed by atoms with Crippen molar-refractivity contribution in [3.05, 3.63) is 66.8 Å². The van der Waals surface area contributed by atoms with Crippen molar-refractivity contribution in [2.45, 2.75) is 0 Å². The Morgan fingerprint density at radius 2 is 1.82 bits per heavy atom. The summed E-state index contributed by atoms with van der Waals surface area (Å²) in [5.41, 5.74) is 7.00. The number of rotatable bonds is 5. The fourth-order valence-electron chi connectivity index (χ4n) is 1.82. The average molecular weight is 294 g/mol. The molecule has 0 spiro atoms. The minimum Gasteiger partial charge on any atom is -0.487 e. The molecule has 22 heavy (non-hydrogen) atoms. The Labute approximate surface area is 127 Å². The van der Waals surface area contributed by atoms with Gasteiger partial charge in [-0.3, -0.25) is 15.8 Å². The number of amidine groups is 2. The molecule has 0 unspecified atom stereocenters. The molecule has 0 fully saturated rings. The lowest BCUT2D eigenvalue weighted by Crippen LogP contribution is -2.35. The second kappa shape index (κ2) is 6.49. The summed E-state index contributed by atoms with van der Waals surface area (Å²) in [6.07, 6.45) is 5.03. The maximum Gasteiger partial charge on any atom is 0.196 e. The van der Waals surface area contributed by atoms with Gasteiger partial charge < -0.3 is 4.74 Å². The van der Waals surface area contributed by atoms with Gasteiger partial charge in [0, 0.05) is 12.4 Å². The predicted molar refractivity (Wildman–Crippen MR) is 83.5 cm³/mol. The minimum atomic E-state index is 0.391. The quantitative estimate of drug-likeness (QED) is 0.811. The van der Waals surface area contributed by atoms with Gasteiger partial charge in [0.25, 0.3) is 0 Å². The van der Waals surface area contributed by atoms with E-state index >= 15 is 0 Å². The van der Waals surface area contributed by atoms with Crippen LogP contribution in [0.15, 0.2) is 65.6 Å². The van der Waals surface area contributed by atoms with Crippen LogP contribution in [0.2, 0.25) is 0 Å². The zero-order chi connectivity index (χ0) is 15.2. The molecule has 7 nitrogen and oxygen atoms in total. The van der Waals surface area contributed by atoms with Crippen molar-refractivity contribution in [2.24, 2.45) is 10.2 Å². The van der Waals surface area contributed by atoms with Crippen molar-refractivity contribution in [1.82, 2.24) is 20.8 Å². The van der Waals surface area contributed by atoms with Gasteiger partial charge in [-0.1, -0.05) is 18.7 Å². The summed E-state index contributed by atoms with van der Waals surface area (Å²) in [6, 6.07) is 9.17. The molecule has 0 amide bonds. The van der Waals surface area contributed by atoms with Crippen LogP contribution in [0.3, 0.4) is 0 Å². The lowest BCUT2D eigenvalue weighted by molar-refractivity contribution is 0.360. The number of aromatic nitrogens is 2. The smallest absolute Gasteiger partial charge is 0.196 e. The summed E-state index contributed by atoms with van der Waals surface area (Å²) < 4.78 is 5.56. The van der Waals surface area contributed by atoms with E-state index in [1.165, 1.54) is 0 Å². The van der Waals surface area contributed by atoms with Gasteiger partial charge in [-0.25, -0.2) is 4.98 Å². The molecule has 2 N–H and O–H groups in total. The van der Waals surface area contributed by atoms with E-state index in [0.717, 1.165) is 0 Å². The number of hydrazone groups is 2. The molecule has 0 bridgehead atoms. The molecule has 1 aliphatic heterocycles. The molecule has 0 radical (unpaired) electrons. The topological polar surface area (TPSA) is 83.8 Å². The fourth-order valence-corrected chi connectivity index (χ4v) is 1.82. The van der Waals surface area contributed by atoms with Crippen LogP contribution in [0.4, 0.5) is 0 Å². The first-order valence-corrected chi connectivity index (χ1v) is 6.66. The summed E-state index contributed by atoms with van der Waals surface area (Å²) in [5.74, 6) is 1.61. The Kier molecular flexibility index (Phi) is 4.05. The summed E-state index contributed by atoms with van der Waals surface area (Å²) >= 11 is 0. The van der Waals surface area contributed by atoms with Crippen molar-refractivity contribution < 1.29 is 4.74 Å². The highest BCUT2D eigenvalue weighted by Crippen LogP contribution is 2.16. The highest BCUT2D eigenvalue weighted by Gasteiger charge is 2.16. The number of ether oxygens (including phenoxy) is 1. The first-order valence-electron chi connectivity index (χ1n) is 6.66. The minimum absolute atomic E-state index is 0.391. The Morgan fingerprint density at radius 3 is 2.55 bits per heavy atom. The number of nitrogens with zero attached hydrogens (tertiary/aromatic N) is 4. The highest BCUT2D eigenvalue weighted by molar-refractivity contribution is 6.05. The lowest BCUT2D eigenvalue weighted by atomic mass is 10.3. The molecule has 1 aliphatic rings. The van der Waals surface area contributed by atoms with E-state index < -0.39 is 0 Å². The first-order chi connectivity index (χ1) is 10.9. The van der Waals surface area contributed by atoms with E-state index in [1.54, 1.807) is 24.5 Å². The van der Waals surface area contributed by atoms with E-state index in [4.69, 9.17) is 4.74 Å². The van der Waals surface area contributed by atoms with Gasteiger partial charge in [0.05, 0.1) is 0 Å². The maximum atomic E-state index is 5.56. The fraction of sp³-hybridized carbons (Fsp3) is 0.0667. The summed E-state index contributed by atoms with van der Waals surface area (Å²) in [6.45, 7) is 4.02. The number of hydrogen-bond acceptors (Lipinski definition) is 7. The molecule has 110 valence electrons. The van der Waals surface area contributed by atoms with Crippen LogP contribution in [-0.4, -0.2) is 28.2 Å². The Balaban J connectivity index is 1.79. The highest BCUT2D eigenvalue weighted by atomic mass is 16.5. The Morgan fingerprint density at radius 1 is 1.00 bits per heavy atom. The van der Waals surface area contributed by atoms with Crippen LogP contribution in [0.1, 0.15) is 11.4 Å². The van der Waals surface area contributed by atoms with Gasteiger partial charge in [0.1, 0.15) is 18.1 Å². The molecule has 3 heterocycles. The Hall–Kier alpha value is -3.22. The van der Waals surface area contributed by atoms with E-state index in [9.17, 15) is 0 Å². The van der Waals surface area contributed by atoms with E-state index in [1.807, 2.05) is 24.3 Å². The standard InChI is InChI=1S/C15H14N6O/c1-2-10-22-12-7-5-9-17-13(12)15-20-18-14(19-21-15)11-6-3-4-8-16-11/h2-9H,1,10H2,(H,18,19)(H,20,21). The molecule has 0 aliphatic carbocycles. The van der Waals surface area contributed by atoms with Crippen LogP contribution >= 0.6 is 0 Å². The molecular weight excluding hydrogens is 280 g/mol. The normalized spacial score (nSPS) is 13.3. The average Bonchev–Trinajstić information content (AvgIpc) is 2.61. The molecule has 3 rings (SSSR count). The van der Waals surface area contributed by atoms with Crippen LogP contribution in [0.5, 0.6) is 5.75 Å². The summed E-state index contributed by atoms with van der Waals surface area (Å²) in [5, 5.41) is 8.47. The Bertz CT molecular complexity index is 726. The molecule has 0 saturated heterocycles. The second-order valence-electron chi connectivity index (χ2n) is 4.31. The molecule has 0 aromatic carbocycles. The van der Waals surface area contributed by atoms with Crippen LogP contribution < -0.4 is 15.6 Å². The molecule has 7 heteroatoms. The largest absolute Gasteiger partial charge is 0.487 e. The zero-order valence-electron chi connectivity index (χ0n) is 11.7. The van der Waals surface area contributed by atoms with Gasteiger partial charge in [-0.2, -0.15) is 10.2 Å². The summed E-state index contributed by atoms with van der Waals surface area (Å²) in [7, 11) is 0. The van der Waals surface area contributed by atoms with Crippen molar-refractivity contribution in [3.63, 3.8) is 0 Å². The van der Waals surface area contributed by atoms with Crippen molar-refractivity contribution in [2.75, 3.05) is 6.61 Å². The predicted octanol–water partition coefficient (Wildman–Crippen LogP) is 1.26. The third-order valence-corrected chi connectivity index (χ3v) is 2.81. The number of hydrogen-bond donors (Lipinski definition) is 2. The molecule has 2 aromatic heterocycles. The molecular formula is C15H14N6O. The van der Waals surface area contributed by atoms with Crippen LogP contribution in [0.25, 0.3) is 0 Å². The van der Waals surface area contributed by atoms with Gasteiger partial charge in [0.2, 0.25) is 0 Å². The lowest BCUT2D eigenvalue weighted by Gasteiger charge is -2.15. The molecule has 0 saturated carbocycles.